The van der Waals surface area contributed by atoms with E-state index in [2.05, 4.69) is 57.9 Å². The van der Waals surface area contributed by atoms with Gasteiger partial charge in [-0.25, -0.2) is 19.9 Å². The zero-order chi connectivity index (χ0) is 28.6. The molecule has 0 spiro atoms. The van der Waals surface area contributed by atoms with Gasteiger partial charge >= 0.3 is 5.97 Å². The fourth-order valence-corrected chi connectivity index (χ4v) is 4.38. The minimum atomic E-state index is -0.297. The molecule has 0 bridgehead atoms. The fourth-order valence-electron chi connectivity index (χ4n) is 4.38. The molecule has 11 heteroatoms. The Morgan fingerprint density at radius 3 is 2.56 bits per heavy atom. The molecule has 4 aromatic rings. The summed E-state index contributed by atoms with van der Waals surface area (Å²) >= 11 is 0. The first kappa shape index (κ1) is 28.1. The van der Waals surface area contributed by atoms with E-state index in [1.54, 1.807) is 24.5 Å². The van der Waals surface area contributed by atoms with E-state index in [0.29, 0.717) is 48.2 Å². The number of piperazine rings is 1. The lowest BCUT2D eigenvalue weighted by Crippen LogP contribution is -2.54. The number of hydrogen-bond donors (Lipinski definition) is 3. The Labute approximate surface area is 239 Å². The fraction of sp³-hybridized carbons (Fsp3) is 0.333. The molecule has 0 amide bonds. The molecular weight excluding hydrogens is 518 g/mol. The largest absolute Gasteiger partial charge is 0.464 e. The van der Waals surface area contributed by atoms with Crippen molar-refractivity contribution >= 4 is 29.2 Å². The second kappa shape index (κ2) is 13.2. The molecule has 1 unspecified atom stereocenters. The highest BCUT2D eigenvalue weighted by Gasteiger charge is 2.26. The summed E-state index contributed by atoms with van der Waals surface area (Å²) in [7, 11) is 0. The number of benzene rings is 1. The van der Waals surface area contributed by atoms with Crippen molar-refractivity contribution in [3.8, 4) is 11.5 Å². The summed E-state index contributed by atoms with van der Waals surface area (Å²) in [5.74, 6) is 2.35. The predicted molar refractivity (Wildman–Crippen MR) is 158 cm³/mol. The Bertz CT molecular complexity index is 1460. The van der Waals surface area contributed by atoms with Gasteiger partial charge in [-0.3, -0.25) is 9.69 Å². The van der Waals surface area contributed by atoms with Crippen LogP contribution in [0.2, 0.25) is 0 Å². The molecule has 1 aliphatic rings. The Kier molecular flexibility index (Phi) is 9.07. The Balaban J connectivity index is 1.17. The number of aromatic nitrogens is 5. The van der Waals surface area contributed by atoms with Gasteiger partial charge in [-0.2, -0.15) is 4.98 Å². The summed E-state index contributed by atoms with van der Waals surface area (Å²) in [5.41, 5.74) is 3.64. The zero-order valence-corrected chi connectivity index (χ0v) is 23.5. The third-order valence-electron chi connectivity index (χ3n) is 6.40. The van der Waals surface area contributed by atoms with E-state index < -0.39 is 0 Å². The van der Waals surface area contributed by atoms with E-state index in [0.717, 1.165) is 36.6 Å². The van der Waals surface area contributed by atoms with Crippen LogP contribution in [0, 0.1) is 12.8 Å². The predicted octanol–water partition coefficient (Wildman–Crippen LogP) is 4.10. The van der Waals surface area contributed by atoms with Crippen LogP contribution >= 0.6 is 0 Å². The third-order valence-corrected chi connectivity index (χ3v) is 6.40. The number of ether oxygens (including phenoxy) is 1. The molecule has 1 saturated heterocycles. The average Bonchev–Trinajstić information content (AvgIpc) is 2.97. The lowest BCUT2D eigenvalue weighted by Gasteiger charge is -2.32. The van der Waals surface area contributed by atoms with Crippen molar-refractivity contribution in [2.45, 2.75) is 33.4 Å². The van der Waals surface area contributed by atoms with E-state index in [-0.39, 0.29) is 12.0 Å². The van der Waals surface area contributed by atoms with Crippen LogP contribution in [0.25, 0.3) is 11.5 Å². The summed E-state index contributed by atoms with van der Waals surface area (Å²) in [4.78, 5) is 37.0. The van der Waals surface area contributed by atoms with Gasteiger partial charge in [-0.05, 0) is 54.8 Å². The number of rotatable bonds is 10. The molecule has 3 N–H and O–H groups in total. The van der Waals surface area contributed by atoms with Crippen LogP contribution in [0.3, 0.4) is 0 Å². The third kappa shape index (κ3) is 8.03. The molecule has 3 aromatic heterocycles. The maximum Gasteiger partial charge on any atom is 0.324 e. The highest BCUT2D eigenvalue weighted by Crippen LogP contribution is 2.20. The molecule has 41 heavy (non-hydrogen) atoms. The number of nitrogens with zero attached hydrogens (tertiary/aromatic N) is 6. The second-order valence-corrected chi connectivity index (χ2v) is 10.4. The summed E-state index contributed by atoms with van der Waals surface area (Å²) in [6.45, 7) is 9.45. The monoisotopic (exact) mass is 553 g/mol. The quantitative estimate of drug-likeness (QED) is 0.245. The minimum Gasteiger partial charge on any atom is -0.464 e. The number of anilines is 4. The highest BCUT2D eigenvalue weighted by atomic mass is 16.5. The van der Waals surface area contributed by atoms with Crippen molar-refractivity contribution in [3.63, 3.8) is 0 Å². The smallest absolute Gasteiger partial charge is 0.324 e. The first-order valence-electron chi connectivity index (χ1n) is 13.8. The van der Waals surface area contributed by atoms with Gasteiger partial charge in [-0.1, -0.05) is 32.0 Å². The van der Waals surface area contributed by atoms with E-state index in [9.17, 15) is 4.79 Å². The molecule has 1 aromatic carbocycles. The Morgan fingerprint density at radius 2 is 1.78 bits per heavy atom. The zero-order valence-electron chi connectivity index (χ0n) is 23.5. The van der Waals surface area contributed by atoms with Crippen LogP contribution in [0.15, 0.2) is 67.0 Å². The maximum absolute atomic E-state index is 12.4. The number of carbonyl (C=O) groups is 1. The molecule has 1 atom stereocenters. The van der Waals surface area contributed by atoms with E-state index in [1.807, 2.05) is 51.1 Å². The minimum absolute atomic E-state index is 0.178. The van der Waals surface area contributed by atoms with Crippen LogP contribution in [0.1, 0.15) is 25.1 Å². The number of nitrogens with one attached hydrogen (secondary N) is 3. The lowest BCUT2D eigenvalue weighted by molar-refractivity contribution is -0.148. The van der Waals surface area contributed by atoms with Gasteiger partial charge in [-0.15, -0.1) is 0 Å². The van der Waals surface area contributed by atoms with E-state index >= 15 is 0 Å². The molecule has 5 rings (SSSR count). The van der Waals surface area contributed by atoms with Gasteiger partial charge in [0, 0.05) is 50.0 Å². The number of pyridine rings is 1. The average molecular weight is 554 g/mol. The number of esters is 1. The Hall–Kier alpha value is -4.48. The van der Waals surface area contributed by atoms with Crippen molar-refractivity contribution in [2.24, 2.45) is 5.92 Å². The molecule has 1 aliphatic heterocycles. The van der Waals surface area contributed by atoms with Gasteiger partial charge in [0.25, 0.3) is 0 Å². The van der Waals surface area contributed by atoms with Crippen molar-refractivity contribution in [1.82, 2.24) is 35.1 Å². The SMILES string of the molecule is Cc1cccc(-c2nccc(Nc3ccnc(Nc4ccc(CN5CCNC(C(=O)OCC(C)C)C5)cc4)n3)n2)n1. The van der Waals surface area contributed by atoms with Gasteiger partial charge in [0.1, 0.15) is 23.4 Å². The molecule has 0 radical (unpaired) electrons. The van der Waals surface area contributed by atoms with E-state index in [1.165, 1.54) is 0 Å². The van der Waals surface area contributed by atoms with Crippen molar-refractivity contribution in [3.05, 3.63) is 78.2 Å². The first-order chi connectivity index (χ1) is 19.9. The first-order valence-corrected chi connectivity index (χ1v) is 13.8. The molecule has 11 nitrogen and oxygen atoms in total. The summed E-state index contributed by atoms with van der Waals surface area (Å²) in [6, 6.07) is 17.2. The van der Waals surface area contributed by atoms with Crippen LogP contribution in [0.5, 0.6) is 0 Å². The van der Waals surface area contributed by atoms with Crippen molar-refractivity contribution < 1.29 is 9.53 Å². The van der Waals surface area contributed by atoms with Crippen LogP contribution in [0.4, 0.5) is 23.3 Å². The maximum atomic E-state index is 12.4. The number of carbonyl (C=O) groups excluding carboxylic acids is 1. The lowest BCUT2D eigenvalue weighted by atomic mass is 10.1. The Morgan fingerprint density at radius 1 is 1.00 bits per heavy atom. The normalized spacial score (nSPS) is 15.5. The van der Waals surface area contributed by atoms with Crippen LogP contribution in [-0.4, -0.2) is 68.1 Å². The van der Waals surface area contributed by atoms with Gasteiger partial charge in [0.15, 0.2) is 5.82 Å². The number of hydrogen-bond acceptors (Lipinski definition) is 11. The second-order valence-electron chi connectivity index (χ2n) is 10.4. The van der Waals surface area contributed by atoms with Gasteiger partial charge < -0.3 is 20.7 Å². The molecule has 0 aliphatic carbocycles. The standard InChI is InChI=1S/C30H35N9O2/c1-20(2)19-41-29(40)25-18-39(16-15-31-25)17-22-7-9-23(10-8-22)35-30-33-14-12-27(38-30)36-26-11-13-32-28(37-26)24-6-4-5-21(3)34-24/h4-14,20,25,31H,15-19H2,1-3H3,(H2,32,33,35,36,37,38). The summed E-state index contributed by atoms with van der Waals surface area (Å²) < 4.78 is 5.42. The molecule has 212 valence electrons. The summed E-state index contributed by atoms with van der Waals surface area (Å²) in [6.07, 6.45) is 3.37. The molecular formula is C30H35N9O2. The van der Waals surface area contributed by atoms with Crippen LogP contribution < -0.4 is 16.0 Å². The molecule has 0 saturated carbocycles. The van der Waals surface area contributed by atoms with Crippen LogP contribution in [-0.2, 0) is 16.1 Å². The summed E-state index contributed by atoms with van der Waals surface area (Å²) in [5, 5.41) is 9.75. The van der Waals surface area contributed by atoms with Gasteiger partial charge in [0.2, 0.25) is 5.95 Å². The highest BCUT2D eigenvalue weighted by molar-refractivity contribution is 5.76. The molecule has 1 fully saturated rings. The van der Waals surface area contributed by atoms with Crippen molar-refractivity contribution in [1.29, 1.82) is 0 Å². The van der Waals surface area contributed by atoms with Gasteiger partial charge in [0.05, 0.1) is 6.61 Å². The number of aryl methyl sites for hydroxylation is 1. The van der Waals surface area contributed by atoms with Crippen molar-refractivity contribution in [2.75, 3.05) is 36.9 Å². The molecule has 4 heterocycles. The van der Waals surface area contributed by atoms with E-state index in [4.69, 9.17) is 4.74 Å². The topological polar surface area (TPSA) is 130 Å².